The number of carboxylic acids is 1. The maximum atomic E-state index is 12.4. The van der Waals surface area contributed by atoms with Gasteiger partial charge in [-0.2, -0.15) is 0 Å². The fourth-order valence-electron chi connectivity index (χ4n) is 3.12. The van der Waals surface area contributed by atoms with E-state index < -0.39 is 5.97 Å². The van der Waals surface area contributed by atoms with E-state index in [9.17, 15) is 14.7 Å². The Bertz CT molecular complexity index is 361. The zero-order chi connectivity index (χ0) is 14.0. The topological polar surface area (TPSA) is 81.1 Å². The van der Waals surface area contributed by atoms with Crippen molar-refractivity contribution < 1.29 is 19.8 Å². The van der Waals surface area contributed by atoms with Crippen molar-refractivity contribution in [3.63, 3.8) is 0 Å². The standard InChI is InChI=1S/C13H22N2O4/c1-9-7-10(12(17)18)4-6-14(9)13(19)15-5-2-3-11(15)8-16/h9-11,16H,2-8H2,1H3,(H,17,18). The molecule has 0 aromatic rings. The first-order valence-electron chi connectivity index (χ1n) is 6.95. The second-order valence-electron chi connectivity index (χ2n) is 5.56. The van der Waals surface area contributed by atoms with Crippen LogP contribution in [0.15, 0.2) is 0 Å². The van der Waals surface area contributed by atoms with Crippen molar-refractivity contribution in [2.75, 3.05) is 19.7 Å². The van der Waals surface area contributed by atoms with Gasteiger partial charge in [0.15, 0.2) is 0 Å². The SMILES string of the molecule is CC1CC(C(=O)O)CCN1C(=O)N1CCCC1CO. The molecule has 2 aliphatic rings. The molecule has 0 aromatic heterocycles. The predicted octanol–water partition coefficient (Wildman–Crippen LogP) is 0.748. The molecule has 2 heterocycles. The van der Waals surface area contributed by atoms with Crippen LogP contribution in [0.5, 0.6) is 0 Å². The highest BCUT2D eigenvalue weighted by Crippen LogP contribution is 2.26. The quantitative estimate of drug-likeness (QED) is 0.776. The minimum Gasteiger partial charge on any atom is -0.481 e. The number of amides is 2. The van der Waals surface area contributed by atoms with Gasteiger partial charge in [0.2, 0.25) is 0 Å². The maximum absolute atomic E-state index is 12.4. The molecule has 2 amide bonds. The summed E-state index contributed by atoms with van der Waals surface area (Å²) in [5.41, 5.74) is 0. The molecule has 2 N–H and O–H groups in total. The molecule has 0 aromatic carbocycles. The summed E-state index contributed by atoms with van der Waals surface area (Å²) in [6.45, 7) is 3.09. The van der Waals surface area contributed by atoms with Crippen molar-refractivity contribution in [2.45, 2.75) is 44.7 Å². The summed E-state index contributed by atoms with van der Waals surface area (Å²) in [5.74, 6) is -1.11. The average molecular weight is 270 g/mol. The zero-order valence-corrected chi connectivity index (χ0v) is 11.3. The van der Waals surface area contributed by atoms with Crippen molar-refractivity contribution in [1.29, 1.82) is 0 Å². The van der Waals surface area contributed by atoms with Crippen LogP contribution in [0, 0.1) is 5.92 Å². The molecule has 2 rings (SSSR count). The van der Waals surface area contributed by atoms with E-state index in [1.165, 1.54) is 0 Å². The van der Waals surface area contributed by atoms with Gasteiger partial charge < -0.3 is 20.0 Å². The summed E-state index contributed by atoms with van der Waals surface area (Å²) in [7, 11) is 0. The molecule has 6 heteroatoms. The fourth-order valence-corrected chi connectivity index (χ4v) is 3.12. The smallest absolute Gasteiger partial charge is 0.320 e. The first-order chi connectivity index (χ1) is 9.04. The normalized spacial score (nSPS) is 31.6. The molecule has 0 radical (unpaired) electrons. The van der Waals surface area contributed by atoms with E-state index in [1.807, 2.05) is 6.92 Å². The highest BCUT2D eigenvalue weighted by Gasteiger charge is 2.37. The third-order valence-electron chi connectivity index (χ3n) is 4.30. The third-order valence-corrected chi connectivity index (χ3v) is 4.30. The summed E-state index contributed by atoms with van der Waals surface area (Å²) in [4.78, 5) is 26.9. The van der Waals surface area contributed by atoms with Crippen LogP contribution in [0.2, 0.25) is 0 Å². The highest BCUT2D eigenvalue weighted by atomic mass is 16.4. The summed E-state index contributed by atoms with van der Waals surface area (Å²) in [6.07, 6.45) is 2.81. The Morgan fingerprint density at radius 2 is 1.95 bits per heavy atom. The number of carbonyl (C=O) groups is 2. The molecule has 3 atom stereocenters. The first kappa shape index (κ1) is 14.1. The number of aliphatic carboxylic acids is 1. The van der Waals surface area contributed by atoms with Crippen LogP contribution in [-0.4, -0.2) is 63.8 Å². The largest absolute Gasteiger partial charge is 0.481 e. The molecule has 2 aliphatic heterocycles. The van der Waals surface area contributed by atoms with Gasteiger partial charge in [0, 0.05) is 19.1 Å². The van der Waals surface area contributed by atoms with Crippen LogP contribution in [0.4, 0.5) is 4.79 Å². The molecule has 6 nitrogen and oxygen atoms in total. The van der Waals surface area contributed by atoms with Crippen molar-refractivity contribution in [2.24, 2.45) is 5.92 Å². The van der Waals surface area contributed by atoms with Gasteiger partial charge in [0.05, 0.1) is 18.6 Å². The molecule has 2 fully saturated rings. The minimum atomic E-state index is -0.770. The number of hydrogen-bond donors (Lipinski definition) is 2. The van der Waals surface area contributed by atoms with Crippen LogP contribution in [0.1, 0.15) is 32.6 Å². The van der Waals surface area contributed by atoms with Gasteiger partial charge in [-0.25, -0.2) is 4.79 Å². The van der Waals surface area contributed by atoms with Gasteiger partial charge in [0.25, 0.3) is 0 Å². The number of aliphatic hydroxyl groups excluding tert-OH is 1. The van der Waals surface area contributed by atoms with Crippen molar-refractivity contribution in [3.05, 3.63) is 0 Å². The number of likely N-dealkylation sites (tertiary alicyclic amines) is 2. The number of piperidine rings is 1. The van der Waals surface area contributed by atoms with E-state index in [-0.39, 0.29) is 30.6 Å². The van der Waals surface area contributed by atoms with Crippen molar-refractivity contribution in [1.82, 2.24) is 9.80 Å². The molecular weight excluding hydrogens is 248 g/mol. The van der Waals surface area contributed by atoms with Crippen LogP contribution >= 0.6 is 0 Å². The summed E-state index contributed by atoms with van der Waals surface area (Å²) >= 11 is 0. The number of aliphatic hydroxyl groups is 1. The van der Waals surface area contributed by atoms with E-state index in [1.54, 1.807) is 9.80 Å². The number of rotatable bonds is 2. The lowest BCUT2D eigenvalue weighted by molar-refractivity contribution is -0.143. The Morgan fingerprint density at radius 1 is 1.21 bits per heavy atom. The maximum Gasteiger partial charge on any atom is 0.320 e. The molecular formula is C13H22N2O4. The lowest BCUT2D eigenvalue weighted by Crippen LogP contribution is -2.53. The lowest BCUT2D eigenvalue weighted by atomic mass is 9.92. The van der Waals surface area contributed by atoms with Crippen LogP contribution in [-0.2, 0) is 4.79 Å². The van der Waals surface area contributed by atoms with Gasteiger partial charge in [-0.05, 0) is 32.6 Å². The van der Waals surface area contributed by atoms with Crippen molar-refractivity contribution in [3.8, 4) is 0 Å². The van der Waals surface area contributed by atoms with E-state index in [2.05, 4.69) is 0 Å². The fraction of sp³-hybridized carbons (Fsp3) is 0.846. The summed E-state index contributed by atoms with van der Waals surface area (Å²) in [6, 6.07) is -0.174. The number of hydrogen-bond acceptors (Lipinski definition) is 3. The second-order valence-corrected chi connectivity index (χ2v) is 5.56. The van der Waals surface area contributed by atoms with Crippen LogP contribution in [0.25, 0.3) is 0 Å². The Morgan fingerprint density at radius 3 is 2.53 bits per heavy atom. The molecule has 3 unspecified atom stereocenters. The van der Waals surface area contributed by atoms with Gasteiger partial charge in [-0.1, -0.05) is 0 Å². The van der Waals surface area contributed by atoms with Gasteiger partial charge >= 0.3 is 12.0 Å². The van der Waals surface area contributed by atoms with Gasteiger partial charge in [0.1, 0.15) is 0 Å². The summed E-state index contributed by atoms with van der Waals surface area (Å²) in [5, 5.41) is 18.3. The Balaban J connectivity index is 1.98. The molecule has 0 spiro atoms. The first-order valence-corrected chi connectivity index (χ1v) is 6.95. The third kappa shape index (κ3) is 2.83. The van der Waals surface area contributed by atoms with Crippen molar-refractivity contribution >= 4 is 12.0 Å². The number of nitrogens with zero attached hydrogens (tertiary/aromatic N) is 2. The second kappa shape index (κ2) is 5.77. The van der Waals surface area contributed by atoms with Crippen LogP contribution < -0.4 is 0 Å². The predicted molar refractivity (Wildman–Crippen MR) is 68.7 cm³/mol. The molecule has 0 bridgehead atoms. The molecule has 108 valence electrons. The van der Waals surface area contributed by atoms with Crippen LogP contribution in [0.3, 0.4) is 0 Å². The zero-order valence-electron chi connectivity index (χ0n) is 11.3. The van der Waals surface area contributed by atoms with Gasteiger partial charge in [-0.3, -0.25) is 4.79 Å². The summed E-state index contributed by atoms with van der Waals surface area (Å²) < 4.78 is 0. The molecule has 0 saturated carbocycles. The van der Waals surface area contributed by atoms with E-state index >= 15 is 0 Å². The van der Waals surface area contributed by atoms with E-state index in [0.29, 0.717) is 25.9 Å². The number of carboxylic acid groups (broad SMARTS) is 1. The van der Waals surface area contributed by atoms with E-state index in [4.69, 9.17) is 5.11 Å². The molecule has 0 aliphatic carbocycles. The van der Waals surface area contributed by atoms with Gasteiger partial charge in [-0.15, -0.1) is 0 Å². The minimum absolute atomic E-state index is 0.00567. The monoisotopic (exact) mass is 270 g/mol. The lowest BCUT2D eigenvalue weighted by Gasteiger charge is -2.39. The molecule has 19 heavy (non-hydrogen) atoms. The Hall–Kier alpha value is -1.30. The average Bonchev–Trinajstić information content (AvgIpc) is 2.85. The highest BCUT2D eigenvalue weighted by molar-refractivity contribution is 5.76. The number of urea groups is 1. The Labute approximate surface area is 113 Å². The Kier molecular flexibility index (Phi) is 4.29. The number of carbonyl (C=O) groups excluding carboxylic acids is 1. The molecule has 2 saturated heterocycles. The van der Waals surface area contributed by atoms with E-state index in [0.717, 1.165) is 12.8 Å².